The van der Waals surface area contributed by atoms with E-state index in [4.69, 9.17) is 17.3 Å². The zero-order valence-electron chi connectivity index (χ0n) is 14.9. The average molecular weight is 402 g/mol. The number of piperidine rings is 1. The van der Waals surface area contributed by atoms with E-state index in [0.29, 0.717) is 43.1 Å². The fourth-order valence-electron chi connectivity index (χ4n) is 3.25. The molecule has 1 aliphatic heterocycles. The van der Waals surface area contributed by atoms with Crippen molar-refractivity contribution in [3.05, 3.63) is 29.3 Å². The number of carbonyl (C=O) groups is 2. The van der Waals surface area contributed by atoms with Crippen molar-refractivity contribution >= 4 is 39.1 Å². The van der Waals surface area contributed by atoms with Gasteiger partial charge < -0.3 is 10.6 Å². The quantitative estimate of drug-likeness (QED) is 0.782. The molecular weight excluding hydrogens is 378 g/mol. The van der Waals surface area contributed by atoms with Gasteiger partial charge in [-0.05, 0) is 37.5 Å². The molecule has 0 aromatic heterocycles. The van der Waals surface area contributed by atoms with Crippen molar-refractivity contribution in [1.29, 1.82) is 0 Å². The number of anilines is 1. The Morgan fingerprint density at radius 3 is 2.42 bits per heavy atom. The highest BCUT2D eigenvalue weighted by molar-refractivity contribution is 7.92. The summed E-state index contributed by atoms with van der Waals surface area (Å²) in [5.74, 6) is -0.875. The topological polar surface area (TPSA) is 101 Å². The number of halogens is 1. The fraction of sp³-hybridized carbons (Fsp3) is 0.529. The van der Waals surface area contributed by atoms with Gasteiger partial charge in [-0.2, -0.15) is 0 Å². The molecule has 144 valence electrons. The molecule has 0 bridgehead atoms. The molecule has 1 fully saturated rings. The van der Waals surface area contributed by atoms with Crippen molar-refractivity contribution in [2.45, 2.75) is 32.2 Å². The van der Waals surface area contributed by atoms with Gasteiger partial charge >= 0.3 is 0 Å². The normalized spacial score (nSPS) is 17.0. The average Bonchev–Trinajstić information content (AvgIpc) is 2.57. The number of benzene rings is 1. The van der Waals surface area contributed by atoms with Gasteiger partial charge in [0.1, 0.15) is 6.04 Å². The summed E-state index contributed by atoms with van der Waals surface area (Å²) in [6, 6.07) is 5.56. The Bertz CT molecular complexity index is 776. The lowest BCUT2D eigenvalue weighted by atomic mass is 9.95. The molecule has 1 aromatic rings. The van der Waals surface area contributed by atoms with Crippen LogP contribution < -0.4 is 10.0 Å². The minimum Gasteiger partial charge on any atom is -0.369 e. The summed E-state index contributed by atoms with van der Waals surface area (Å²) in [4.78, 5) is 25.9. The first-order valence-corrected chi connectivity index (χ1v) is 10.7. The molecule has 1 aliphatic rings. The fourth-order valence-corrected chi connectivity index (χ4v) is 4.63. The second kappa shape index (κ2) is 8.26. The van der Waals surface area contributed by atoms with E-state index in [1.165, 1.54) is 6.07 Å². The molecule has 1 heterocycles. The monoisotopic (exact) mass is 401 g/mol. The number of likely N-dealkylation sites (tertiary alicyclic amines) is 1. The predicted octanol–water partition coefficient (Wildman–Crippen LogP) is 1.61. The van der Waals surface area contributed by atoms with Crippen LogP contribution >= 0.6 is 11.6 Å². The summed E-state index contributed by atoms with van der Waals surface area (Å²) in [6.07, 6.45) is 2.37. The van der Waals surface area contributed by atoms with Crippen molar-refractivity contribution in [3.63, 3.8) is 0 Å². The van der Waals surface area contributed by atoms with Crippen molar-refractivity contribution in [3.8, 4) is 0 Å². The summed E-state index contributed by atoms with van der Waals surface area (Å²) in [5, 5.41) is 0.390. The molecule has 2 rings (SSSR count). The molecule has 2 N–H and O–H groups in total. The first-order chi connectivity index (χ1) is 12.1. The van der Waals surface area contributed by atoms with Crippen molar-refractivity contribution in [2.24, 2.45) is 11.7 Å². The van der Waals surface area contributed by atoms with Gasteiger partial charge in [-0.15, -0.1) is 0 Å². The number of hydrogen-bond donors (Lipinski definition) is 1. The lowest BCUT2D eigenvalue weighted by molar-refractivity contribution is -0.135. The molecule has 0 saturated carbocycles. The van der Waals surface area contributed by atoms with Crippen LogP contribution in [0.25, 0.3) is 0 Å². The highest BCUT2D eigenvalue weighted by Gasteiger charge is 2.36. The van der Waals surface area contributed by atoms with Crippen LogP contribution in [0.5, 0.6) is 0 Å². The third-order valence-corrected chi connectivity index (χ3v) is 6.00. The number of primary amides is 1. The van der Waals surface area contributed by atoms with Crippen LogP contribution in [0.1, 0.15) is 26.2 Å². The molecule has 1 aromatic carbocycles. The molecule has 2 amide bonds. The molecule has 0 radical (unpaired) electrons. The zero-order chi connectivity index (χ0) is 19.5. The van der Waals surface area contributed by atoms with E-state index in [1.54, 1.807) is 30.0 Å². The Kier molecular flexibility index (Phi) is 6.52. The second-order valence-electron chi connectivity index (χ2n) is 6.46. The maximum absolute atomic E-state index is 13.0. The van der Waals surface area contributed by atoms with E-state index in [-0.39, 0.29) is 17.7 Å². The van der Waals surface area contributed by atoms with E-state index in [1.807, 2.05) is 0 Å². The Balaban J connectivity index is 2.28. The maximum atomic E-state index is 13.0. The summed E-state index contributed by atoms with van der Waals surface area (Å²) < 4.78 is 26.0. The standard InChI is InChI=1S/C17H24ClN3O4S/c1-3-15(17(23)20-9-7-12(8-10-20)16(19)22)21(26(2,24)25)14-6-4-5-13(18)11-14/h4-6,11-12,15H,3,7-10H2,1-2H3,(H2,19,22)/t15-/m0/s1. The zero-order valence-corrected chi connectivity index (χ0v) is 16.5. The Morgan fingerprint density at radius 2 is 1.96 bits per heavy atom. The first kappa shape index (κ1) is 20.5. The number of nitrogens with zero attached hydrogens (tertiary/aromatic N) is 2. The minimum absolute atomic E-state index is 0.238. The number of amides is 2. The largest absolute Gasteiger partial charge is 0.369 e. The van der Waals surface area contributed by atoms with Crippen LogP contribution in [-0.4, -0.2) is 50.5 Å². The molecule has 0 aliphatic carbocycles. The van der Waals surface area contributed by atoms with Gasteiger partial charge in [-0.25, -0.2) is 8.42 Å². The van der Waals surface area contributed by atoms with Crippen molar-refractivity contribution in [1.82, 2.24) is 4.90 Å². The minimum atomic E-state index is -3.70. The van der Waals surface area contributed by atoms with Crippen molar-refractivity contribution < 1.29 is 18.0 Å². The van der Waals surface area contributed by atoms with E-state index in [2.05, 4.69) is 0 Å². The predicted molar refractivity (Wildman–Crippen MR) is 101 cm³/mol. The van der Waals surface area contributed by atoms with Crippen LogP contribution in [0.15, 0.2) is 24.3 Å². The Morgan fingerprint density at radius 1 is 1.35 bits per heavy atom. The van der Waals surface area contributed by atoms with Gasteiger partial charge in [-0.3, -0.25) is 13.9 Å². The molecule has 7 nitrogen and oxygen atoms in total. The van der Waals surface area contributed by atoms with E-state index >= 15 is 0 Å². The van der Waals surface area contributed by atoms with Gasteiger partial charge in [0.15, 0.2) is 0 Å². The maximum Gasteiger partial charge on any atom is 0.246 e. The Hall–Kier alpha value is -1.80. The molecule has 1 saturated heterocycles. The molecule has 9 heteroatoms. The number of rotatable bonds is 6. The molecule has 1 atom stereocenters. The molecule has 26 heavy (non-hydrogen) atoms. The van der Waals surface area contributed by atoms with Crippen molar-refractivity contribution in [2.75, 3.05) is 23.7 Å². The summed E-state index contributed by atoms with van der Waals surface area (Å²) in [5.41, 5.74) is 5.68. The van der Waals surface area contributed by atoms with Gasteiger partial charge in [0.2, 0.25) is 21.8 Å². The molecular formula is C17H24ClN3O4S. The lowest BCUT2D eigenvalue weighted by Crippen LogP contribution is -2.53. The van der Waals surface area contributed by atoms with Crippen LogP contribution in [0.4, 0.5) is 5.69 Å². The van der Waals surface area contributed by atoms with Crippen LogP contribution in [0.3, 0.4) is 0 Å². The summed E-state index contributed by atoms with van der Waals surface area (Å²) >= 11 is 6.00. The van der Waals surface area contributed by atoms with Crippen LogP contribution in [0.2, 0.25) is 5.02 Å². The first-order valence-electron chi connectivity index (χ1n) is 8.48. The highest BCUT2D eigenvalue weighted by atomic mass is 35.5. The third-order valence-electron chi connectivity index (χ3n) is 4.58. The third kappa shape index (κ3) is 4.67. The van der Waals surface area contributed by atoms with Gasteiger partial charge in [0.05, 0.1) is 11.9 Å². The smallest absolute Gasteiger partial charge is 0.246 e. The van der Waals surface area contributed by atoms with Gasteiger partial charge in [0.25, 0.3) is 0 Å². The van der Waals surface area contributed by atoms with E-state index in [0.717, 1.165) is 10.6 Å². The summed E-state index contributed by atoms with van der Waals surface area (Å²) in [6.45, 7) is 2.54. The second-order valence-corrected chi connectivity index (χ2v) is 8.76. The van der Waals surface area contributed by atoms with Crippen LogP contribution in [0, 0.1) is 5.92 Å². The van der Waals surface area contributed by atoms with Gasteiger partial charge in [0, 0.05) is 24.0 Å². The summed E-state index contributed by atoms with van der Waals surface area (Å²) in [7, 11) is -3.70. The van der Waals surface area contributed by atoms with Crippen LogP contribution in [-0.2, 0) is 19.6 Å². The number of nitrogens with two attached hydrogens (primary N) is 1. The Labute approximate surface area is 159 Å². The molecule has 0 unspecified atom stereocenters. The highest BCUT2D eigenvalue weighted by Crippen LogP contribution is 2.27. The number of carbonyl (C=O) groups excluding carboxylic acids is 2. The lowest BCUT2D eigenvalue weighted by Gasteiger charge is -2.37. The number of sulfonamides is 1. The van der Waals surface area contributed by atoms with Gasteiger partial charge in [-0.1, -0.05) is 24.6 Å². The SMILES string of the molecule is CC[C@@H](C(=O)N1CCC(C(N)=O)CC1)N(c1cccc(Cl)c1)S(C)(=O)=O. The number of hydrogen-bond acceptors (Lipinski definition) is 4. The molecule has 0 spiro atoms. The van der Waals surface area contributed by atoms with E-state index in [9.17, 15) is 18.0 Å². The van der Waals surface area contributed by atoms with E-state index < -0.39 is 16.1 Å².